The molecule has 0 radical (unpaired) electrons. The molecule has 0 fully saturated rings. The number of esters is 1. The van der Waals surface area contributed by atoms with E-state index in [2.05, 4.69) is 17.4 Å². The van der Waals surface area contributed by atoms with Crippen molar-refractivity contribution in [1.29, 1.82) is 0 Å². The van der Waals surface area contributed by atoms with Crippen LogP contribution in [0.25, 0.3) is 0 Å². The number of Topliss-reactive ketones (excluding diaryl/α,β-unsaturated/α-hetero) is 1. The number of ether oxygens (including phenoxy) is 2. The predicted octanol–water partition coefficient (Wildman–Crippen LogP) is 5.01. The molecule has 2 aliphatic rings. The van der Waals surface area contributed by atoms with Crippen molar-refractivity contribution in [2.24, 2.45) is 0 Å². The number of methoxy groups -OCH3 is 1. The molecule has 2 aromatic carbocycles. The van der Waals surface area contributed by atoms with Gasteiger partial charge >= 0.3 is 5.97 Å². The largest absolute Gasteiger partial charge is 0.496 e. The molecular formula is C27H29NO4. The number of ketones is 1. The van der Waals surface area contributed by atoms with E-state index in [0.29, 0.717) is 36.3 Å². The lowest BCUT2D eigenvalue weighted by molar-refractivity contribution is -0.139. The van der Waals surface area contributed by atoms with Gasteiger partial charge in [-0.3, -0.25) is 4.79 Å². The lowest BCUT2D eigenvalue weighted by atomic mass is 9.71. The summed E-state index contributed by atoms with van der Waals surface area (Å²) in [6.45, 7) is 4.18. The van der Waals surface area contributed by atoms with Gasteiger partial charge in [0.1, 0.15) is 5.75 Å². The molecule has 166 valence electrons. The standard InChI is InChI=1S/C27H29NO4/c1-4-14-32-27(30)24-17(2)28-21-15-19(18-10-6-5-7-11-18)16-22(29)26(21)25(24)20-12-8-9-13-23(20)31-3/h5-13,19,25,28H,4,14-16H2,1-3H3. The van der Waals surface area contributed by atoms with Gasteiger partial charge < -0.3 is 14.8 Å². The van der Waals surface area contributed by atoms with Crippen LogP contribution in [-0.4, -0.2) is 25.5 Å². The summed E-state index contributed by atoms with van der Waals surface area (Å²) in [6, 6.07) is 17.7. The van der Waals surface area contributed by atoms with Crippen LogP contribution in [0, 0.1) is 0 Å². The van der Waals surface area contributed by atoms with Crippen molar-refractivity contribution >= 4 is 11.8 Å². The summed E-state index contributed by atoms with van der Waals surface area (Å²) in [5.74, 6) is -0.0995. The van der Waals surface area contributed by atoms with Gasteiger partial charge in [-0.2, -0.15) is 0 Å². The number of carbonyl (C=O) groups excluding carboxylic acids is 2. The van der Waals surface area contributed by atoms with Gasteiger partial charge in [0.05, 0.1) is 25.2 Å². The van der Waals surface area contributed by atoms with Crippen LogP contribution in [0.1, 0.15) is 56.1 Å². The number of hydrogen-bond donors (Lipinski definition) is 1. The lowest BCUT2D eigenvalue weighted by Crippen LogP contribution is -2.36. The number of hydrogen-bond acceptors (Lipinski definition) is 5. The van der Waals surface area contributed by atoms with E-state index in [0.717, 1.165) is 28.9 Å². The normalized spacial score (nSPS) is 20.5. The predicted molar refractivity (Wildman–Crippen MR) is 123 cm³/mol. The molecule has 0 aromatic heterocycles. The van der Waals surface area contributed by atoms with Crippen LogP contribution in [0.4, 0.5) is 0 Å². The number of nitrogens with one attached hydrogen (secondary N) is 1. The fourth-order valence-corrected chi connectivity index (χ4v) is 4.76. The Morgan fingerprint density at radius 1 is 1.06 bits per heavy atom. The Bertz CT molecular complexity index is 1080. The summed E-state index contributed by atoms with van der Waals surface area (Å²) >= 11 is 0. The third-order valence-corrected chi connectivity index (χ3v) is 6.21. The number of rotatable bonds is 6. The summed E-state index contributed by atoms with van der Waals surface area (Å²) in [5.41, 5.74) is 4.69. The van der Waals surface area contributed by atoms with Crippen molar-refractivity contribution in [1.82, 2.24) is 5.32 Å². The average Bonchev–Trinajstić information content (AvgIpc) is 2.82. The Balaban J connectivity index is 1.82. The summed E-state index contributed by atoms with van der Waals surface area (Å²) in [6.07, 6.45) is 1.86. The molecule has 4 rings (SSSR count). The van der Waals surface area contributed by atoms with E-state index in [9.17, 15) is 9.59 Å². The molecule has 2 atom stereocenters. The highest BCUT2D eigenvalue weighted by Crippen LogP contribution is 2.47. The van der Waals surface area contributed by atoms with Crippen molar-refractivity contribution in [3.63, 3.8) is 0 Å². The zero-order valence-corrected chi connectivity index (χ0v) is 18.8. The molecule has 5 nitrogen and oxygen atoms in total. The molecule has 1 aliphatic heterocycles. The molecule has 2 unspecified atom stereocenters. The minimum Gasteiger partial charge on any atom is -0.496 e. The number of benzene rings is 2. The monoisotopic (exact) mass is 431 g/mol. The van der Waals surface area contributed by atoms with Crippen LogP contribution < -0.4 is 10.1 Å². The third kappa shape index (κ3) is 4.07. The van der Waals surface area contributed by atoms with E-state index in [1.807, 2.05) is 56.3 Å². The van der Waals surface area contributed by atoms with Gasteiger partial charge in [-0.05, 0) is 37.3 Å². The Morgan fingerprint density at radius 2 is 1.78 bits per heavy atom. The van der Waals surface area contributed by atoms with Gasteiger partial charge in [-0.15, -0.1) is 0 Å². The van der Waals surface area contributed by atoms with Gasteiger partial charge in [-0.1, -0.05) is 55.5 Å². The Labute approximate surface area is 189 Å². The third-order valence-electron chi connectivity index (χ3n) is 6.21. The van der Waals surface area contributed by atoms with E-state index < -0.39 is 11.9 Å². The molecule has 0 saturated carbocycles. The highest BCUT2D eigenvalue weighted by Gasteiger charge is 2.42. The molecule has 5 heteroatoms. The first-order chi connectivity index (χ1) is 15.5. The number of carbonyl (C=O) groups is 2. The second-order valence-electron chi connectivity index (χ2n) is 8.31. The van der Waals surface area contributed by atoms with Crippen molar-refractivity contribution in [2.45, 2.75) is 44.9 Å². The Kier molecular flexibility index (Phi) is 6.45. The fourth-order valence-electron chi connectivity index (χ4n) is 4.76. The molecule has 0 bridgehead atoms. The number of dihydropyridines is 1. The molecule has 1 aliphatic carbocycles. The van der Waals surface area contributed by atoms with Gasteiger partial charge in [-0.25, -0.2) is 4.79 Å². The SMILES string of the molecule is CCCOC(=O)C1=C(C)NC2=C(C(=O)CC(c3ccccc3)C2)C1c1ccccc1OC. The minimum absolute atomic E-state index is 0.0526. The number of para-hydroxylation sites is 1. The van der Waals surface area contributed by atoms with Crippen LogP contribution >= 0.6 is 0 Å². The zero-order chi connectivity index (χ0) is 22.7. The van der Waals surface area contributed by atoms with Gasteiger partial charge in [0, 0.05) is 29.0 Å². The van der Waals surface area contributed by atoms with Crippen LogP contribution in [0.3, 0.4) is 0 Å². The van der Waals surface area contributed by atoms with Gasteiger partial charge in [0.25, 0.3) is 0 Å². The highest BCUT2D eigenvalue weighted by atomic mass is 16.5. The Morgan fingerprint density at radius 3 is 2.50 bits per heavy atom. The maximum Gasteiger partial charge on any atom is 0.336 e. The van der Waals surface area contributed by atoms with Gasteiger partial charge in [0.15, 0.2) is 5.78 Å². The van der Waals surface area contributed by atoms with Crippen LogP contribution in [0.15, 0.2) is 77.1 Å². The topological polar surface area (TPSA) is 64.6 Å². The first kappa shape index (κ1) is 21.9. The van der Waals surface area contributed by atoms with Crippen LogP contribution in [-0.2, 0) is 14.3 Å². The van der Waals surface area contributed by atoms with Crippen molar-refractivity contribution in [3.05, 3.63) is 88.3 Å². The zero-order valence-electron chi connectivity index (χ0n) is 18.8. The summed E-state index contributed by atoms with van der Waals surface area (Å²) in [4.78, 5) is 26.7. The van der Waals surface area contributed by atoms with Crippen molar-refractivity contribution in [3.8, 4) is 5.75 Å². The smallest absolute Gasteiger partial charge is 0.336 e. The molecule has 1 N–H and O–H groups in total. The number of allylic oxidation sites excluding steroid dienone is 3. The second-order valence-corrected chi connectivity index (χ2v) is 8.31. The highest BCUT2D eigenvalue weighted by molar-refractivity contribution is 6.04. The quantitative estimate of drug-likeness (QED) is 0.652. The van der Waals surface area contributed by atoms with Crippen LogP contribution in [0.2, 0.25) is 0 Å². The first-order valence-electron chi connectivity index (χ1n) is 11.1. The Hall–Kier alpha value is -3.34. The molecule has 0 amide bonds. The van der Waals surface area contributed by atoms with Crippen molar-refractivity contribution < 1.29 is 19.1 Å². The average molecular weight is 432 g/mol. The molecule has 0 spiro atoms. The molecular weight excluding hydrogens is 402 g/mol. The second kappa shape index (κ2) is 9.43. The molecule has 2 aromatic rings. The van der Waals surface area contributed by atoms with Crippen LogP contribution in [0.5, 0.6) is 5.75 Å². The van der Waals surface area contributed by atoms with E-state index >= 15 is 0 Å². The lowest BCUT2D eigenvalue weighted by Gasteiger charge is -2.37. The van der Waals surface area contributed by atoms with E-state index in [1.165, 1.54) is 0 Å². The van der Waals surface area contributed by atoms with Gasteiger partial charge in [0.2, 0.25) is 0 Å². The van der Waals surface area contributed by atoms with E-state index in [-0.39, 0.29) is 11.7 Å². The summed E-state index contributed by atoms with van der Waals surface area (Å²) in [7, 11) is 1.61. The summed E-state index contributed by atoms with van der Waals surface area (Å²) in [5, 5.41) is 3.39. The first-order valence-corrected chi connectivity index (χ1v) is 11.1. The van der Waals surface area contributed by atoms with Crippen molar-refractivity contribution in [2.75, 3.05) is 13.7 Å². The molecule has 0 saturated heterocycles. The van der Waals surface area contributed by atoms with E-state index in [4.69, 9.17) is 9.47 Å². The summed E-state index contributed by atoms with van der Waals surface area (Å²) < 4.78 is 11.1. The molecule has 32 heavy (non-hydrogen) atoms. The molecule has 1 heterocycles. The maximum absolute atomic E-state index is 13.6. The maximum atomic E-state index is 13.6. The minimum atomic E-state index is -0.518. The van der Waals surface area contributed by atoms with E-state index in [1.54, 1.807) is 7.11 Å². The fraction of sp³-hybridized carbons (Fsp3) is 0.333.